The van der Waals surface area contributed by atoms with Gasteiger partial charge in [-0.25, -0.2) is 0 Å². The van der Waals surface area contributed by atoms with Gasteiger partial charge in [-0.15, -0.1) is 0 Å². The van der Waals surface area contributed by atoms with Crippen molar-refractivity contribution in [2.45, 2.75) is 45.4 Å². The Balaban J connectivity index is 1.72. The molecule has 0 saturated carbocycles. The highest BCUT2D eigenvalue weighted by Gasteiger charge is 2.16. The van der Waals surface area contributed by atoms with Crippen molar-refractivity contribution < 1.29 is 9.15 Å². The quantitative estimate of drug-likeness (QED) is 0.324. The minimum absolute atomic E-state index is 0.739. The van der Waals surface area contributed by atoms with Crippen LogP contribution in [0.25, 0.3) is 21.9 Å². The lowest BCUT2D eigenvalue weighted by atomic mass is 10.1. The maximum atomic E-state index is 5.99. The van der Waals surface area contributed by atoms with Crippen molar-refractivity contribution in [1.29, 1.82) is 0 Å². The average Bonchev–Trinajstić information content (AvgIpc) is 2.96. The fraction of sp³-hybridized carbons (Fsp3) is 0.400. The first-order valence-corrected chi connectivity index (χ1v) is 10.2. The lowest BCUT2D eigenvalue weighted by Crippen LogP contribution is -1.98. The number of unbranched alkanes of at least 4 members (excludes halogenated alkanes) is 5. The smallest absolute Gasteiger partial charge is 0.140 e. The van der Waals surface area contributed by atoms with Crippen LogP contribution in [0.3, 0.4) is 0 Å². The molecule has 0 spiro atoms. The van der Waals surface area contributed by atoms with Crippen LogP contribution in [-0.2, 0) is 0 Å². The van der Waals surface area contributed by atoms with Gasteiger partial charge in [0.15, 0.2) is 0 Å². The minimum atomic E-state index is 0.739. The number of ether oxygens (including phenoxy) is 1. The van der Waals surface area contributed by atoms with Crippen molar-refractivity contribution in [3.05, 3.63) is 39.3 Å². The predicted octanol–water partition coefficient (Wildman–Crippen LogP) is 7.85. The molecule has 2 aromatic carbocycles. The summed E-state index contributed by atoms with van der Waals surface area (Å²) in [6.07, 6.45) is 7.57. The van der Waals surface area contributed by atoms with Crippen molar-refractivity contribution in [3.8, 4) is 5.75 Å². The molecular formula is C20H22Br2O2. The first-order chi connectivity index (χ1) is 11.7. The lowest BCUT2D eigenvalue weighted by molar-refractivity contribution is 0.302. The van der Waals surface area contributed by atoms with Gasteiger partial charge in [-0.3, -0.25) is 0 Å². The molecule has 0 fully saturated rings. The molecule has 0 bridgehead atoms. The molecule has 0 unspecified atom stereocenters. The van der Waals surface area contributed by atoms with Crippen LogP contribution in [0.1, 0.15) is 45.4 Å². The second kappa shape index (κ2) is 8.39. The fourth-order valence-corrected chi connectivity index (χ4v) is 3.99. The topological polar surface area (TPSA) is 22.4 Å². The zero-order chi connectivity index (χ0) is 16.9. The van der Waals surface area contributed by atoms with Gasteiger partial charge in [0.25, 0.3) is 0 Å². The van der Waals surface area contributed by atoms with Crippen molar-refractivity contribution in [2.24, 2.45) is 0 Å². The van der Waals surface area contributed by atoms with Gasteiger partial charge in [0.2, 0.25) is 0 Å². The third-order valence-corrected chi connectivity index (χ3v) is 6.38. The van der Waals surface area contributed by atoms with E-state index in [1.165, 1.54) is 32.1 Å². The Kier molecular flexibility index (Phi) is 6.23. The van der Waals surface area contributed by atoms with Gasteiger partial charge in [0.05, 0.1) is 11.1 Å². The summed E-state index contributed by atoms with van der Waals surface area (Å²) in [6, 6.07) is 10.1. The third kappa shape index (κ3) is 3.80. The molecule has 0 saturated heterocycles. The van der Waals surface area contributed by atoms with Crippen LogP contribution in [0.15, 0.2) is 43.7 Å². The van der Waals surface area contributed by atoms with E-state index in [1.807, 2.05) is 24.3 Å². The number of hydrogen-bond acceptors (Lipinski definition) is 2. The van der Waals surface area contributed by atoms with Crippen LogP contribution >= 0.6 is 31.9 Å². The molecule has 0 radical (unpaired) electrons. The first kappa shape index (κ1) is 17.8. The van der Waals surface area contributed by atoms with E-state index in [0.717, 1.165) is 49.7 Å². The largest absolute Gasteiger partial charge is 0.492 e. The monoisotopic (exact) mass is 452 g/mol. The summed E-state index contributed by atoms with van der Waals surface area (Å²) in [5, 5.41) is 2.20. The molecule has 1 heterocycles. The highest BCUT2D eigenvalue weighted by molar-refractivity contribution is 9.13. The SMILES string of the molecule is CCCCCCCCOc1cc2oc3ccccc3c2c(Br)c1Br. The maximum absolute atomic E-state index is 5.99. The summed E-state index contributed by atoms with van der Waals surface area (Å²) >= 11 is 7.36. The normalized spacial score (nSPS) is 11.5. The van der Waals surface area contributed by atoms with Gasteiger partial charge in [0, 0.05) is 21.3 Å². The van der Waals surface area contributed by atoms with E-state index >= 15 is 0 Å². The van der Waals surface area contributed by atoms with Crippen LogP contribution in [0.2, 0.25) is 0 Å². The van der Waals surface area contributed by atoms with Crippen LogP contribution in [-0.4, -0.2) is 6.61 Å². The van der Waals surface area contributed by atoms with Crippen LogP contribution in [0, 0.1) is 0 Å². The lowest BCUT2D eigenvalue weighted by Gasteiger charge is -2.10. The Bertz CT molecular complexity index is 823. The Morgan fingerprint density at radius 2 is 1.67 bits per heavy atom. The molecule has 0 aliphatic rings. The Morgan fingerprint density at radius 3 is 2.50 bits per heavy atom. The molecule has 0 aliphatic heterocycles. The van der Waals surface area contributed by atoms with Crippen molar-refractivity contribution in [3.63, 3.8) is 0 Å². The van der Waals surface area contributed by atoms with Crippen molar-refractivity contribution in [1.82, 2.24) is 0 Å². The van der Waals surface area contributed by atoms with E-state index in [0.29, 0.717) is 0 Å². The molecule has 4 heteroatoms. The summed E-state index contributed by atoms with van der Waals surface area (Å²) in [4.78, 5) is 0. The maximum Gasteiger partial charge on any atom is 0.140 e. The average molecular weight is 454 g/mol. The molecule has 0 amide bonds. The Hall–Kier alpha value is -1.000. The number of furan rings is 1. The van der Waals surface area contributed by atoms with Gasteiger partial charge in [-0.2, -0.15) is 0 Å². The summed E-state index contributed by atoms with van der Waals surface area (Å²) in [7, 11) is 0. The number of fused-ring (bicyclic) bond motifs is 3. The number of benzene rings is 2. The third-order valence-electron chi connectivity index (χ3n) is 4.27. The van der Waals surface area contributed by atoms with Gasteiger partial charge < -0.3 is 9.15 Å². The van der Waals surface area contributed by atoms with Crippen molar-refractivity contribution in [2.75, 3.05) is 6.61 Å². The van der Waals surface area contributed by atoms with E-state index in [2.05, 4.69) is 44.8 Å². The summed E-state index contributed by atoms with van der Waals surface area (Å²) in [6.45, 7) is 2.98. The molecule has 3 aromatic rings. The van der Waals surface area contributed by atoms with E-state index in [-0.39, 0.29) is 0 Å². The van der Waals surface area contributed by atoms with Crippen LogP contribution in [0.4, 0.5) is 0 Å². The number of halogens is 2. The Labute approximate surface area is 159 Å². The fourth-order valence-electron chi connectivity index (χ4n) is 2.96. The molecular weight excluding hydrogens is 432 g/mol. The van der Waals surface area contributed by atoms with Crippen LogP contribution < -0.4 is 4.74 Å². The number of hydrogen-bond donors (Lipinski definition) is 0. The molecule has 128 valence electrons. The molecule has 24 heavy (non-hydrogen) atoms. The first-order valence-electron chi connectivity index (χ1n) is 8.64. The highest BCUT2D eigenvalue weighted by atomic mass is 79.9. The molecule has 3 rings (SSSR count). The van der Waals surface area contributed by atoms with Crippen molar-refractivity contribution >= 4 is 53.8 Å². The second-order valence-corrected chi connectivity index (χ2v) is 7.68. The summed E-state index contributed by atoms with van der Waals surface area (Å²) < 4.78 is 13.9. The van der Waals surface area contributed by atoms with E-state index < -0.39 is 0 Å². The molecule has 1 aromatic heterocycles. The molecule has 0 atom stereocenters. The van der Waals surface area contributed by atoms with Gasteiger partial charge >= 0.3 is 0 Å². The van der Waals surface area contributed by atoms with E-state index in [4.69, 9.17) is 9.15 Å². The van der Waals surface area contributed by atoms with Gasteiger partial charge in [0.1, 0.15) is 16.9 Å². The zero-order valence-electron chi connectivity index (χ0n) is 13.9. The predicted molar refractivity (Wildman–Crippen MR) is 108 cm³/mol. The van der Waals surface area contributed by atoms with E-state index in [1.54, 1.807) is 0 Å². The summed E-state index contributed by atoms with van der Waals surface area (Å²) in [5.41, 5.74) is 1.75. The van der Waals surface area contributed by atoms with Gasteiger partial charge in [-0.1, -0.05) is 57.2 Å². The molecule has 0 N–H and O–H groups in total. The highest BCUT2D eigenvalue weighted by Crippen LogP contribution is 2.43. The second-order valence-electron chi connectivity index (χ2n) is 6.09. The minimum Gasteiger partial charge on any atom is -0.492 e. The zero-order valence-corrected chi connectivity index (χ0v) is 17.1. The molecule has 0 aliphatic carbocycles. The summed E-state index contributed by atoms with van der Waals surface area (Å²) in [5.74, 6) is 0.835. The molecule has 2 nitrogen and oxygen atoms in total. The number of rotatable bonds is 8. The van der Waals surface area contributed by atoms with E-state index in [9.17, 15) is 0 Å². The van der Waals surface area contributed by atoms with Gasteiger partial charge in [-0.05, 0) is 44.3 Å². The standard InChI is InChI=1S/C20H22Br2O2/c1-2-3-4-5-6-9-12-23-17-13-16-18(20(22)19(17)21)14-10-7-8-11-15(14)24-16/h7-8,10-11,13H,2-6,9,12H2,1H3. The van der Waals surface area contributed by atoms with Crippen LogP contribution in [0.5, 0.6) is 5.75 Å². The Morgan fingerprint density at radius 1 is 0.917 bits per heavy atom. The number of para-hydroxylation sites is 1.